The van der Waals surface area contributed by atoms with Gasteiger partial charge >= 0.3 is 12.1 Å². The summed E-state index contributed by atoms with van der Waals surface area (Å²) in [4.78, 5) is 15.7. The second kappa shape index (κ2) is 6.08. The highest BCUT2D eigenvalue weighted by Gasteiger charge is 2.30. The Morgan fingerprint density at radius 2 is 1.88 bits per heavy atom. The normalized spacial score (nSPS) is 11.5. The molecule has 2 N–H and O–H groups in total. The van der Waals surface area contributed by atoms with Crippen LogP contribution in [-0.4, -0.2) is 16.1 Å². The number of carboxylic acid groups (broad SMARTS) is 1. The minimum absolute atomic E-state index is 0.115. The van der Waals surface area contributed by atoms with Gasteiger partial charge in [0.05, 0.1) is 16.8 Å². The summed E-state index contributed by atoms with van der Waals surface area (Å²) in [5.41, 5.74) is 0.842. The van der Waals surface area contributed by atoms with Crippen molar-refractivity contribution in [3.05, 3.63) is 65.4 Å². The number of rotatable bonds is 3. The number of alkyl halides is 3. The first-order valence-corrected chi connectivity index (χ1v) is 7.33. The van der Waals surface area contributed by atoms with Gasteiger partial charge in [0.2, 0.25) is 0 Å². The van der Waals surface area contributed by atoms with Crippen molar-refractivity contribution in [1.29, 1.82) is 0 Å². The van der Waals surface area contributed by atoms with Crippen LogP contribution in [0.4, 0.5) is 24.5 Å². The van der Waals surface area contributed by atoms with Gasteiger partial charge < -0.3 is 10.4 Å². The Kier molecular flexibility index (Phi) is 4.08. The molecule has 128 valence electrons. The largest absolute Gasteiger partial charge is 0.478 e. The topological polar surface area (TPSA) is 62.2 Å². The first-order valence-electron chi connectivity index (χ1n) is 7.33. The number of para-hydroxylation sites is 1. The van der Waals surface area contributed by atoms with Gasteiger partial charge in [-0.3, -0.25) is 4.98 Å². The maximum Gasteiger partial charge on any atom is 0.416 e. The molecule has 1 heterocycles. The first kappa shape index (κ1) is 16.8. The zero-order valence-electron chi connectivity index (χ0n) is 13.1. The number of halogens is 3. The number of benzene rings is 2. The van der Waals surface area contributed by atoms with Gasteiger partial charge in [0, 0.05) is 17.3 Å². The molecule has 0 aliphatic heterocycles. The van der Waals surface area contributed by atoms with Crippen LogP contribution in [0, 0.1) is 6.92 Å². The first-order chi connectivity index (χ1) is 11.8. The molecule has 0 saturated carbocycles. The Morgan fingerprint density at radius 3 is 2.56 bits per heavy atom. The molecule has 0 saturated heterocycles. The Morgan fingerprint density at radius 1 is 1.16 bits per heavy atom. The molecule has 1 aromatic heterocycles. The third-order valence-corrected chi connectivity index (χ3v) is 3.79. The van der Waals surface area contributed by atoms with Crippen LogP contribution >= 0.6 is 0 Å². The summed E-state index contributed by atoms with van der Waals surface area (Å²) in [6.07, 6.45) is -3.28. The molecule has 0 fully saturated rings. The van der Waals surface area contributed by atoms with Gasteiger partial charge in [-0.2, -0.15) is 13.2 Å². The molecule has 0 spiro atoms. The zero-order valence-corrected chi connectivity index (χ0v) is 13.1. The van der Waals surface area contributed by atoms with Crippen molar-refractivity contribution in [1.82, 2.24) is 4.98 Å². The molecule has 3 aromatic rings. The lowest BCUT2D eigenvalue weighted by molar-refractivity contribution is -0.137. The molecule has 2 aromatic carbocycles. The van der Waals surface area contributed by atoms with Crippen molar-refractivity contribution < 1.29 is 23.1 Å². The summed E-state index contributed by atoms with van der Waals surface area (Å²) >= 11 is 0. The van der Waals surface area contributed by atoms with Gasteiger partial charge in [-0.15, -0.1) is 0 Å². The number of aromatic nitrogens is 1. The van der Waals surface area contributed by atoms with Gasteiger partial charge in [-0.05, 0) is 30.7 Å². The molecule has 0 aliphatic rings. The van der Waals surface area contributed by atoms with Crippen LogP contribution in [0.5, 0.6) is 0 Å². The van der Waals surface area contributed by atoms with E-state index in [2.05, 4.69) is 10.3 Å². The van der Waals surface area contributed by atoms with Crippen LogP contribution in [-0.2, 0) is 6.18 Å². The highest BCUT2D eigenvalue weighted by molar-refractivity contribution is 6.05. The number of nitrogens with one attached hydrogen (secondary N) is 1. The van der Waals surface area contributed by atoms with Crippen LogP contribution in [0.15, 0.2) is 48.7 Å². The SMILES string of the molecule is Cc1cccc2c(Nc3cccc(C(F)(F)F)c3)c(C(=O)O)cnc12. The number of fused-ring (bicyclic) bond motifs is 1. The number of nitrogens with zero attached hydrogens (tertiary/aromatic N) is 1. The molecule has 7 heteroatoms. The molecule has 0 amide bonds. The van der Waals surface area contributed by atoms with E-state index >= 15 is 0 Å². The Bertz CT molecular complexity index is 968. The van der Waals surface area contributed by atoms with Crippen molar-refractivity contribution >= 4 is 28.2 Å². The van der Waals surface area contributed by atoms with Crippen molar-refractivity contribution in [2.75, 3.05) is 5.32 Å². The number of hydrogen-bond acceptors (Lipinski definition) is 3. The van der Waals surface area contributed by atoms with Crippen LogP contribution in [0.1, 0.15) is 21.5 Å². The van der Waals surface area contributed by atoms with E-state index in [4.69, 9.17) is 0 Å². The maximum atomic E-state index is 12.9. The zero-order chi connectivity index (χ0) is 18.2. The number of carboxylic acids is 1. The van der Waals surface area contributed by atoms with E-state index in [-0.39, 0.29) is 16.9 Å². The average molecular weight is 346 g/mol. The van der Waals surface area contributed by atoms with Crippen LogP contribution in [0.2, 0.25) is 0 Å². The smallest absolute Gasteiger partial charge is 0.416 e. The second-order valence-electron chi connectivity index (χ2n) is 5.53. The minimum atomic E-state index is -4.48. The van der Waals surface area contributed by atoms with Gasteiger partial charge in [0.15, 0.2) is 0 Å². The monoisotopic (exact) mass is 346 g/mol. The summed E-state index contributed by atoms with van der Waals surface area (Å²) in [5.74, 6) is -1.22. The molecule has 0 atom stereocenters. The lowest BCUT2D eigenvalue weighted by atomic mass is 10.1. The molecular formula is C18H13F3N2O2. The number of carbonyl (C=O) groups is 1. The fraction of sp³-hybridized carbons (Fsp3) is 0.111. The Hall–Kier alpha value is -3.09. The van der Waals surface area contributed by atoms with E-state index in [0.717, 1.165) is 17.7 Å². The van der Waals surface area contributed by atoms with E-state index < -0.39 is 17.7 Å². The number of anilines is 2. The highest BCUT2D eigenvalue weighted by Crippen LogP contribution is 2.34. The van der Waals surface area contributed by atoms with Crippen LogP contribution in [0.25, 0.3) is 10.9 Å². The fourth-order valence-electron chi connectivity index (χ4n) is 2.59. The lowest BCUT2D eigenvalue weighted by Gasteiger charge is -2.15. The molecule has 0 radical (unpaired) electrons. The standard InChI is InChI=1S/C18H13F3N2O2/c1-10-4-2-7-13-15(10)22-9-14(17(24)25)16(13)23-12-6-3-5-11(8-12)18(19,20)21/h2-9H,1H3,(H,22,23)(H,24,25). The van der Waals surface area contributed by atoms with E-state index in [1.807, 2.05) is 13.0 Å². The van der Waals surface area contributed by atoms with E-state index in [1.54, 1.807) is 12.1 Å². The highest BCUT2D eigenvalue weighted by atomic mass is 19.4. The number of aromatic carboxylic acids is 1. The van der Waals surface area contributed by atoms with E-state index in [0.29, 0.717) is 10.9 Å². The third kappa shape index (κ3) is 3.26. The maximum absolute atomic E-state index is 12.9. The Balaban J connectivity index is 2.17. The fourth-order valence-corrected chi connectivity index (χ4v) is 2.59. The molecule has 4 nitrogen and oxygen atoms in total. The predicted molar refractivity (Wildman–Crippen MR) is 88.2 cm³/mol. The van der Waals surface area contributed by atoms with Crippen LogP contribution < -0.4 is 5.32 Å². The van der Waals surface area contributed by atoms with E-state index in [9.17, 15) is 23.1 Å². The second-order valence-corrected chi connectivity index (χ2v) is 5.53. The summed E-state index contributed by atoms with van der Waals surface area (Å²) in [7, 11) is 0. The number of hydrogen-bond donors (Lipinski definition) is 2. The summed E-state index contributed by atoms with van der Waals surface area (Å²) in [6.45, 7) is 1.82. The number of aryl methyl sites for hydroxylation is 1. The van der Waals surface area contributed by atoms with Gasteiger partial charge in [0.25, 0.3) is 0 Å². The molecule has 0 aliphatic carbocycles. The molecule has 25 heavy (non-hydrogen) atoms. The van der Waals surface area contributed by atoms with Crippen molar-refractivity contribution in [2.24, 2.45) is 0 Å². The molecule has 0 unspecified atom stereocenters. The van der Waals surface area contributed by atoms with Crippen LogP contribution in [0.3, 0.4) is 0 Å². The number of pyridine rings is 1. The lowest BCUT2D eigenvalue weighted by Crippen LogP contribution is -2.07. The van der Waals surface area contributed by atoms with Gasteiger partial charge in [-0.1, -0.05) is 24.3 Å². The summed E-state index contributed by atoms with van der Waals surface area (Å²) in [6, 6.07) is 9.85. The van der Waals surface area contributed by atoms with Crippen molar-refractivity contribution in [3.63, 3.8) is 0 Å². The van der Waals surface area contributed by atoms with Crippen molar-refractivity contribution in [3.8, 4) is 0 Å². The molecule has 0 bridgehead atoms. The summed E-state index contributed by atoms with van der Waals surface area (Å²) < 4.78 is 38.7. The predicted octanol–water partition coefficient (Wildman–Crippen LogP) is 5.00. The van der Waals surface area contributed by atoms with Gasteiger partial charge in [-0.25, -0.2) is 4.79 Å². The average Bonchev–Trinajstić information content (AvgIpc) is 2.55. The summed E-state index contributed by atoms with van der Waals surface area (Å²) in [5, 5.41) is 12.7. The molecule has 3 rings (SSSR count). The third-order valence-electron chi connectivity index (χ3n) is 3.79. The van der Waals surface area contributed by atoms with Gasteiger partial charge in [0.1, 0.15) is 5.56 Å². The van der Waals surface area contributed by atoms with Crippen molar-refractivity contribution in [2.45, 2.75) is 13.1 Å². The minimum Gasteiger partial charge on any atom is -0.478 e. The van der Waals surface area contributed by atoms with E-state index in [1.165, 1.54) is 18.3 Å². The quantitative estimate of drug-likeness (QED) is 0.700. The molecular weight excluding hydrogens is 333 g/mol. The Labute approximate surface area is 140 Å².